The minimum atomic E-state index is -0.416. The highest BCUT2D eigenvalue weighted by molar-refractivity contribution is 5.83. The molecule has 0 amide bonds. The van der Waals surface area contributed by atoms with Gasteiger partial charge in [0, 0.05) is 6.42 Å². The smallest absolute Gasteiger partial charge is 0.334 e. The number of methoxy groups -OCH3 is 2. The average molecular weight is 276 g/mol. The number of ether oxygens (including phenoxy) is 3. The Hall–Kier alpha value is -2.43. The fraction of sp³-hybridized carbons (Fsp3) is 0.267. The maximum Gasteiger partial charge on any atom is 0.334 e. The number of esters is 1. The molecule has 0 fully saturated rings. The third-order valence-electron chi connectivity index (χ3n) is 2.92. The number of carbonyl (C=O) groups is 1. The van der Waals surface area contributed by atoms with Crippen LogP contribution in [0.3, 0.4) is 0 Å². The zero-order valence-corrected chi connectivity index (χ0v) is 11.3. The number of cyclic esters (lactones) is 1. The van der Waals surface area contributed by atoms with E-state index >= 15 is 0 Å². The predicted molar refractivity (Wildman–Crippen MR) is 73.3 cm³/mol. The fourth-order valence-electron chi connectivity index (χ4n) is 1.89. The normalized spacial score (nSPS) is 18.6. The van der Waals surface area contributed by atoms with Gasteiger partial charge >= 0.3 is 5.97 Å². The number of benzene rings is 1. The first kappa shape index (κ1) is 14.0. The zero-order chi connectivity index (χ0) is 14.5. The summed E-state index contributed by atoms with van der Waals surface area (Å²) < 4.78 is 15.2. The van der Waals surface area contributed by atoms with E-state index in [1.807, 2.05) is 0 Å². The number of rotatable bonds is 4. The minimum Gasteiger partial charge on any atom is -0.504 e. The van der Waals surface area contributed by atoms with Crippen LogP contribution < -0.4 is 4.74 Å². The van der Waals surface area contributed by atoms with Crippen molar-refractivity contribution in [2.45, 2.75) is 12.5 Å². The highest BCUT2D eigenvalue weighted by Crippen LogP contribution is 2.27. The lowest BCUT2D eigenvalue weighted by molar-refractivity contribution is -0.142. The van der Waals surface area contributed by atoms with Crippen LogP contribution in [0.4, 0.5) is 0 Å². The van der Waals surface area contributed by atoms with Crippen molar-refractivity contribution in [1.82, 2.24) is 0 Å². The molecule has 1 aliphatic heterocycles. The lowest BCUT2D eigenvalue weighted by Gasteiger charge is -2.19. The summed E-state index contributed by atoms with van der Waals surface area (Å²) in [4.78, 5) is 11.3. The highest BCUT2D eigenvalue weighted by Gasteiger charge is 2.19. The maximum atomic E-state index is 11.3. The Labute approximate surface area is 117 Å². The maximum absolute atomic E-state index is 11.3. The number of phenols is 1. The van der Waals surface area contributed by atoms with E-state index in [2.05, 4.69) is 0 Å². The van der Waals surface area contributed by atoms with E-state index in [0.29, 0.717) is 17.9 Å². The molecule has 20 heavy (non-hydrogen) atoms. The molecule has 0 saturated carbocycles. The molecule has 1 heterocycles. The molecule has 106 valence electrons. The molecular weight excluding hydrogens is 260 g/mol. The monoisotopic (exact) mass is 276 g/mol. The van der Waals surface area contributed by atoms with Gasteiger partial charge in [-0.2, -0.15) is 0 Å². The Morgan fingerprint density at radius 3 is 2.80 bits per heavy atom. The first-order valence-electron chi connectivity index (χ1n) is 6.12. The van der Waals surface area contributed by atoms with Gasteiger partial charge in [-0.3, -0.25) is 0 Å². The zero-order valence-electron chi connectivity index (χ0n) is 11.3. The van der Waals surface area contributed by atoms with Gasteiger partial charge in [0.2, 0.25) is 0 Å². The third-order valence-corrected chi connectivity index (χ3v) is 2.92. The van der Waals surface area contributed by atoms with E-state index in [1.165, 1.54) is 20.3 Å². The summed E-state index contributed by atoms with van der Waals surface area (Å²) in [6.45, 7) is 0. The number of hydrogen-bond donors (Lipinski definition) is 1. The first-order chi connectivity index (χ1) is 9.62. The van der Waals surface area contributed by atoms with Crippen LogP contribution in [0, 0.1) is 0 Å². The Kier molecular flexibility index (Phi) is 4.30. The molecule has 0 spiro atoms. The van der Waals surface area contributed by atoms with Gasteiger partial charge in [-0.1, -0.05) is 12.1 Å². The van der Waals surface area contributed by atoms with Crippen LogP contribution in [0.15, 0.2) is 36.1 Å². The topological polar surface area (TPSA) is 65.0 Å². The SMILES string of the molecule is COC1=CC(=O)OC(C=Cc2ccc(OC)c(O)c2)C1. The van der Waals surface area contributed by atoms with Gasteiger partial charge in [0.05, 0.1) is 20.3 Å². The number of aromatic hydroxyl groups is 1. The quantitative estimate of drug-likeness (QED) is 0.854. The van der Waals surface area contributed by atoms with Crippen molar-refractivity contribution in [3.8, 4) is 11.5 Å². The lowest BCUT2D eigenvalue weighted by Crippen LogP contribution is -2.21. The third kappa shape index (κ3) is 3.32. The largest absolute Gasteiger partial charge is 0.504 e. The van der Waals surface area contributed by atoms with E-state index in [1.54, 1.807) is 30.4 Å². The van der Waals surface area contributed by atoms with Gasteiger partial charge < -0.3 is 19.3 Å². The molecule has 0 radical (unpaired) electrons. The number of phenolic OH excluding ortho intramolecular Hbond substituents is 1. The van der Waals surface area contributed by atoms with Gasteiger partial charge in [-0.25, -0.2) is 4.79 Å². The highest BCUT2D eigenvalue weighted by atomic mass is 16.5. The van der Waals surface area contributed by atoms with Gasteiger partial charge in [0.1, 0.15) is 11.9 Å². The number of hydrogen-bond acceptors (Lipinski definition) is 5. The van der Waals surface area contributed by atoms with Crippen LogP contribution in [-0.4, -0.2) is 31.4 Å². The second-order valence-electron chi connectivity index (χ2n) is 4.28. The molecule has 0 bridgehead atoms. The molecule has 1 aromatic carbocycles. The van der Waals surface area contributed by atoms with Gasteiger partial charge in [-0.05, 0) is 23.8 Å². The predicted octanol–water partition coefficient (Wildman–Crippen LogP) is 2.26. The number of carbonyl (C=O) groups excluding carboxylic acids is 1. The first-order valence-corrected chi connectivity index (χ1v) is 6.12. The summed E-state index contributed by atoms with van der Waals surface area (Å²) in [6, 6.07) is 5.04. The molecular formula is C15H16O5. The Balaban J connectivity index is 2.08. The molecule has 1 aromatic rings. The van der Waals surface area contributed by atoms with Gasteiger partial charge in [0.25, 0.3) is 0 Å². The van der Waals surface area contributed by atoms with Crippen molar-refractivity contribution in [3.05, 3.63) is 41.7 Å². The molecule has 1 unspecified atom stereocenters. The van der Waals surface area contributed by atoms with Crippen LogP contribution in [0.1, 0.15) is 12.0 Å². The van der Waals surface area contributed by atoms with Gasteiger partial charge in [0.15, 0.2) is 11.5 Å². The second kappa shape index (κ2) is 6.14. The van der Waals surface area contributed by atoms with Crippen molar-refractivity contribution < 1.29 is 24.1 Å². The van der Waals surface area contributed by atoms with Gasteiger partial charge in [-0.15, -0.1) is 0 Å². The molecule has 0 aromatic heterocycles. The second-order valence-corrected chi connectivity index (χ2v) is 4.28. The van der Waals surface area contributed by atoms with Crippen LogP contribution in [-0.2, 0) is 14.3 Å². The van der Waals surface area contributed by atoms with Crippen LogP contribution in [0.5, 0.6) is 11.5 Å². The van der Waals surface area contributed by atoms with Crippen LogP contribution in [0.2, 0.25) is 0 Å². The van der Waals surface area contributed by atoms with E-state index in [4.69, 9.17) is 14.2 Å². The molecule has 5 nitrogen and oxygen atoms in total. The molecule has 2 rings (SSSR count). The summed E-state index contributed by atoms with van der Waals surface area (Å²) in [7, 11) is 3.01. The molecule has 1 aliphatic rings. The average Bonchev–Trinajstić information content (AvgIpc) is 2.44. The van der Waals surface area contributed by atoms with Crippen molar-refractivity contribution in [2.24, 2.45) is 0 Å². The van der Waals surface area contributed by atoms with Crippen molar-refractivity contribution >= 4 is 12.0 Å². The molecule has 1 atom stereocenters. The van der Waals surface area contributed by atoms with E-state index in [9.17, 15) is 9.90 Å². The molecule has 5 heteroatoms. The molecule has 0 aliphatic carbocycles. The Morgan fingerprint density at radius 1 is 1.35 bits per heavy atom. The Bertz CT molecular complexity index is 559. The van der Waals surface area contributed by atoms with E-state index in [-0.39, 0.29) is 11.9 Å². The Morgan fingerprint density at radius 2 is 2.15 bits per heavy atom. The summed E-state index contributed by atoms with van der Waals surface area (Å²) in [5, 5.41) is 9.68. The summed E-state index contributed by atoms with van der Waals surface area (Å²) in [5.41, 5.74) is 0.785. The summed E-state index contributed by atoms with van der Waals surface area (Å²) in [6.07, 6.45) is 5.00. The van der Waals surface area contributed by atoms with Crippen LogP contribution >= 0.6 is 0 Å². The lowest BCUT2D eigenvalue weighted by atomic mass is 10.1. The van der Waals surface area contributed by atoms with Crippen molar-refractivity contribution in [3.63, 3.8) is 0 Å². The summed E-state index contributed by atoms with van der Waals surface area (Å²) in [5.74, 6) is 0.650. The molecule has 0 saturated heterocycles. The molecule has 1 N–H and O–H groups in total. The van der Waals surface area contributed by atoms with Crippen molar-refractivity contribution in [2.75, 3.05) is 14.2 Å². The van der Waals surface area contributed by atoms with Crippen molar-refractivity contribution in [1.29, 1.82) is 0 Å². The summed E-state index contributed by atoms with van der Waals surface area (Å²) >= 11 is 0. The van der Waals surface area contributed by atoms with Crippen LogP contribution in [0.25, 0.3) is 6.08 Å². The standard InChI is InChI=1S/C15H16O5/c1-18-12-8-11(20-15(17)9-12)5-3-10-4-6-14(19-2)13(16)7-10/h3-7,9,11,16H,8H2,1-2H3. The fourth-order valence-corrected chi connectivity index (χ4v) is 1.89. The van der Waals surface area contributed by atoms with E-state index < -0.39 is 5.97 Å². The van der Waals surface area contributed by atoms with E-state index in [0.717, 1.165) is 5.56 Å². The minimum absolute atomic E-state index is 0.0627.